The minimum Gasteiger partial charge on any atom is -0.454 e. The summed E-state index contributed by atoms with van der Waals surface area (Å²) in [4.78, 5) is 2.45. The first kappa shape index (κ1) is 16.7. The number of halogens is 1. The number of benzene rings is 2. The van der Waals surface area contributed by atoms with E-state index >= 15 is 0 Å². The SMILES string of the molecule is Clc1cc2c(cc1CN1CCC(Nc3ccc4[nH]ncc4c3)CC1)OCO2. The molecule has 0 atom stereocenters. The summed E-state index contributed by atoms with van der Waals surface area (Å²) in [6.07, 6.45) is 4.06. The predicted octanol–water partition coefficient (Wildman–Crippen LogP) is 4.02. The molecule has 1 aromatic heterocycles. The average molecular weight is 385 g/mol. The molecule has 0 bridgehead atoms. The van der Waals surface area contributed by atoms with Gasteiger partial charge in [-0.3, -0.25) is 10.00 Å². The molecule has 2 aliphatic heterocycles. The highest BCUT2D eigenvalue weighted by atomic mass is 35.5. The van der Waals surface area contributed by atoms with Crippen molar-refractivity contribution >= 4 is 28.2 Å². The highest BCUT2D eigenvalue weighted by Gasteiger charge is 2.22. The van der Waals surface area contributed by atoms with Gasteiger partial charge in [0.2, 0.25) is 6.79 Å². The van der Waals surface area contributed by atoms with Gasteiger partial charge in [-0.25, -0.2) is 0 Å². The molecule has 5 rings (SSSR count). The second-order valence-corrected chi connectivity index (χ2v) is 7.57. The number of aromatic amines is 1. The number of piperidine rings is 1. The summed E-state index contributed by atoms with van der Waals surface area (Å²) in [5.41, 5.74) is 3.31. The van der Waals surface area contributed by atoms with E-state index in [1.165, 1.54) is 0 Å². The molecule has 0 saturated carbocycles. The second kappa shape index (κ2) is 6.94. The van der Waals surface area contributed by atoms with E-state index in [2.05, 4.69) is 38.6 Å². The van der Waals surface area contributed by atoms with Gasteiger partial charge in [0, 0.05) is 47.8 Å². The summed E-state index contributed by atoms with van der Waals surface area (Å²) in [6, 6.07) is 10.7. The lowest BCUT2D eigenvalue weighted by Gasteiger charge is -2.33. The van der Waals surface area contributed by atoms with E-state index in [1.54, 1.807) is 0 Å². The van der Waals surface area contributed by atoms with Gasteiger partial charge in [0.1, 0.15) is 0 Å². The molecule has 3 heterocycles. The van der Waals surface area contributed by atoms with Crippen LogP contribution >= 0.6 is 11.6 Å². The zero-order valence-corrected chi connectivity index (χ0v) is 15.6. The zero-order valence-electron chi connectivity index (χ0n) is 14.9. The summed E-state index contributed by atoms with van der Waals surface area (Å²) >= 11 is 6.42. The summed E-state index contributed by atoms with van der Waals surface area (Å²) < 4.78 is 10.9. The fourth-order valence-corrected chi connectivity index (χ4v) is 4.04. The van der Waals surface area contributed by atoms with E-state index in [9.17, 15) is 0 Å². The summed E-state index contributed by atoms with van der Waals surface area (Å²) in [6.45, 7) is 3.19. The van der Waals surface area contributed by atoms with E-state index in [4.69, 9.17) is 21.1 Å². The van der Waals surface area contributed by atoms with Gasteiger partial charge in [0.05, 0.1) is 11.7 Å². The first-order valence-corrected chi connectivity index (χ1v) is 9.62. The van der Waals surface area contributed by atoms with Gasteiger partial charge in [0.25, 0.3) is 0 Å². The fourth-order valence-electron chi connectivity index (χ4n) is 3.82. The first-order valence-electron chi connectivity index (χ1n) is 9.25. The number of nitrogens with zero attached hydrogens (tertiary/aromatic N) is 2. The van der Waals surface area contributed by atoms with Crippen LogP contribution in [0.25, 0.3) is 10.9 Å². The zero-order chi connectivity index (χ0) is 18.2. The topological polar surface area (TPSA) is 62.4 Å². The number of likely N-dealkylation sites (tertiary alicyclic amines) is 1. The molecule has 0 amide bonds. The van der Waals surface area contributed by atoms with Crippen molar-refractivity contribution in [2.24, 2.45) is 0 Å². The number of H-pyrrole nitrogens is 1. The van der Waals surface area contributed by atoms with E-state index in [0.717, 1.165) is 71.2 Å². The van der Waals surface area contributed by atoms with E-state index in [1.807, 2.05) is 18.3 Å². The Labute approximate surface area is 162 Å². The molecule has 2 N–H and O–H groups in total. The summed E-state index contributed by atoms with van der Waals surface area (Å²) in [7, 11) is 0. The Morgan fingerprint density at radius 2 is 1.96 bits per heavy atom. The van der Waals surface area contributed by atoms with Crippen LogP contribution in [0, 0.1) is 0 Å². The molecule has 27 heavy (non-hydrogen) atoms. The Bertz CT molecular complexity index is 966. The predicted molar refractivity (Wildman–Crippen MR) is 106 cm³/mol. The van der Waals surface area contributed by atoms with Crippen LogP contribution in [0.5, 0.6) is 11.5 Å². The molecule has 6 nitrogen and oxygen atoms in total. The number of nitrogens with one attached hydrogen (secondary N) is 2. The molecule has 1 fully saturated rings. The lowest BCUT2D eigenvalue weighted by molar-refractivity contribution is 0.173. The monoisotopic (exact) mass is 384 g/mol. The molecular weight excluding hydrogens is 364 g/mol. The van der Waals surface area contributed by atoms with E-state index in [-0.39, 0.29) is 6.79 Å². The van der Waals surface area contributed by atoms with Gasteiger partial charge < -0.3 is 14.8 Å². The van der Waals surface area contributed by atoms with Crippen LogP contribution in [0.2, 0.25) is 5.02 Å². The fraction of sp³-hybridized carbons (Fsp3) is 0.350. The highest BCUT2D eigenvalue weighted by molar-refractivity contribution is 6.31. The minimum atomic E-state index is 0.275. The third-order valence-electron chi connectivity index (χ3n) is 5.33. The molecule has 1 saturated heterocycles. The number of ether oxygens (including phenoxy) is 2. The van der Waals surface area contributed by atoms with Crippen LogP contribution in [0.1, 0.15) is 18.4 Å². The van der Waals surface area contributed by atoms with Crippen LogP contribution in [-0.2, 0) is 6.54 Å². The molecular formula is C20H21ClN4O2. The standard InChI is InChI=1S/C20H21ClN4O2/c21-17-9-20-19(26-12-27-20)8-14(17)11-25-5-3-15(4-6-25)23-16-1-2-18-13(7-16)10-22-24-18/h1-2,7-10,15,23H,3-6,11-12H2,(H,22,24). The van der Waals surface area contributed by atoms with Crippen LogP contribution < -0.4 is 14.8 Å². The van der Waals surface area contributed by atoms with Gasteiger partial charge in [-0.2, -0.15) is 5.10 Å². The van der Waals surface area contributed by atoms with Crippen molar-refractivity contribution in [3.63, 3.8) is 0 Å². The first-order chi connectivity index (χ1) is 13.2. The number of aromatic nitrogens is 2. The van der Waals surface area contributed by atoms with Crippen molar-refractivity contribution < 1.29 is 9.47 Å². The molecule has 0 unspecified atom stereocenters. The third kappa shape index (κ3) is 3.42. The number of hydrogen-bond acceptors (Lipinski definition) is 5. The second-order valence-electron chi connectivity index (χ2n) is 7.16. The summed E-state index contributed by atoms with van der Waals surface area (Å²) in [5, 5.41) is 12.6. The van der Waals surface area contributed by atoms with Crippen LogP contribution in [0.4, 0.5) is 5.69 Å². The highest BCUT2D eigenvalue weighted by Crippen LogP contribution is 2.37. The quantitative estimate of drug-likeness (QED) is 0.711. The normalized spacial score (nSPS) is 17.5. The Balaban J connectivity index is 1.19. The Morgan fingerprint density at radius 3 is 2.81 bits per heavy atom. The van der Waals surface area contributed by atoms with Gasteiger partial charge in [-0.15, -0.1) is 0 Å². The van der Waals surface area contributed by atoms with Crippen molar-refractivity contribution in [1.82, 2.24) is 15.1 Å². The molecule has 2 aliphatic rings. The lowest BCUT2D eigenvalue weighted by atomic mass is 10.0. The minimum absolute atomic E-state index is 0.275. The van der Waals surface area contributed by atoms with E-state index in [0.29, 0.717) is 6.04 Å². The van der Waals surface area contributed by atoms with Gasteiger partial charge >= 0.3 is 0 Å². The average Bonchev–Trinajstić information content (AvgIpc) is 3.32. The molecule has 0 aliphatic carbocycles. The van der Waals surface area contributed by atoms with Crippen molar-refractivity contribution in [3.8, 4) is 11.5 Å². The molecule has 3 aromatic rings. The number of fused-ring (bicyclic) bond motifs is 2. The molecule has 0 radical (unpaired) electrons. The van der Waals surface area contributed by atoms with Crippen molar-refractivity contribution in [3.05, 3.63) is 47.1 Å². The Kier molecular flexibility index (Phi) is 4.30. The smallest absolute Gasteiger partial charge is 0.231 e. The van der Waals surface area contributed by atoms with Crippen LogP contribution in [-0.4, -0.2) is 41.0 Å². The largest absolute Gasteiger partial charge is 0.454 e. The molecule has 140 valence electrons. The number of anilines is 1. The maximum absolute atomic E-state index is 6.42. The Morgan fingerprint density at radius 1 is 1.15 bits per heavy atom. The van der Waals surface area contributed by atoms with Crippen molar-refractivity contribution in [2.45, 2.75) is 25.4 Å². The molecule has 7 heteroatoms. The van der Waals surface area contributed by atoms with Gasteiger partial charge in [-0.05, 0) is 42.7 Å². The van der Waals surface area contributed by atoms with Crippen LogP contribution in [0.15, 0.2) is 36.5 Å². The summed E-state index contributed by atoms with van der Waals surface area (Å²) in [5.74, 6) is 1.53. The third-order valence-corrected chi connectivity index (χ3v) is 5.69. The van der Waals surface area contributed by atoms with Gasteiger partial charge in [-0.1, -0.05) is 11.6 Å². The number of rotatable bonds is 4. The van der Waals surface area contributed by atoms with E-state index < -0.39 is 0 Å². The van der Waals surface area contributed by atoms with Crippen molar-refractivity contribution in [2.75, 3.05) is 25.2 Å². The number of hydrogen-bond donors (Lipinski definition) is 2. The molecule has 2 aromatic carbocycles. The maximum Gasteiger partial charge on any atom is 0.231 e. The van der Waals surface area contributed by atoms with Crippen LogP contribution in [0.3, 0.4) is 0 Å². The molecule has 0 spiro atoms. The Hall–Kier alpha value is -2.44. The van der Waals surface area contributed by atoms with Crippen molar-refractivity contribution in [1.29, 1.82) is 0 Å². The lowest BCUT2D eigenvalue weighted by Crippen LogP contribution is -2.38. The van der Waals surface area contributed by atoms with Gasteiger partial charge in [0.15, 0.2) is 11.5 Å². The maximum atomic E-state index is 6.42.